The molecule has 2 nitrogen and oxygen atoms in total. The Morgan fingerprint density at radius 2 is 2.10 bits per heavy atom. The molecule has 0 bridgehead atoms. The van der Waals surface area contributed by atoms with Crippen LogP contribution in [0.4, 0.5) is 0 Å². The summed E-state index contributed by atoms with van der Waals surface area (Å²) in [5.41, 5.74) is 0. The van der Waals surface area contributed by atoms with Crippen molar-refractivity contribution in [2.24, 2.45) is 0 Å². The van der Waals surface area contributed by atoms with E-state index in [9.17, 15) is 4.79 Å². The van der Waals surface area contributed by atoms with Crippen LogP contribution in [-0.2, 0) is 9.53 Å². The fraction of sp³-hybridized carbons (Fsp3) is 0.400. The van der Waals surface area contributed by atoms with E-state index in [1.807, 2.05) is 0 Å². The van der Waals surface area contributed by atoms with Crippen molar-refractivity contribution < 1.29 is 9.53 Å². The topological polar surface area (TPSA) is 26.3 Å². The molecule has 10 heavy (non-hydrogen) atoms. The van der Waals surface area contributed by atoms with Gasteiger partial charge in [-0.05, 0) is 0 Å². The van der Waals surface area contributed by atoms with Crippen LogP contribution in [-0.4, -0.2) is 16.4 Å². The molecular weight excluding hydrogens is 198 g/mol. The van der Waals surface area contributed by atoms with Gasteiger partial charge in [-0.15, -0.1) is 0 Å². The lowest BCUT2D eigenvalue weighted by molar-refractivity contribution is -0.141. The third-order valence-corrected chi connectivity index (χ3v) is 1.03. The summed E-state index contributed by atoms with van der Waals surface area (Å²) >= 11 is 15.4. The van der Waals surface area contributed by atoms with Crippen LogP contribution < -0.4 is 0 Å². The molecule has 0 unspecified atom stereocenters. The number of ether oxygens (including phenoxy) is 1. The van der Waals surface area contributed by atoms with Gasteiger partial charge in [0.2, 0.25) is 0 Å². The Bertz CT molecular complexity index is 138. The summed E-state index contributed by atoms with van der Waals surface area (Å²) < 4.78 is 2.42. The van der Waals surface area contributed by atoms with Crippen LogP contribution in [0.3, 0.4) is 0 Å². The Labute approximate surface area is 73.7 Å². The average Bonchev–Trinajstić information content (AvgIpc) is 1.80. The first-order valence-electron chi connectivity index (χ1n) is 2.33. The first-order chi connectivity index (χ1) is 4.48. The van der Waals surface area contributed by atoms with Crippen molar-refractivity contribution >= 4 is 40.8 Å². The number of halogens is 3. The summed E-state index contributed by atoms with van der Waals surface area (Å²) in [5.74, 6) is -0.891. The van der Waals surface area contributed by atoms with E-state index < -0.39 is 9.76 Å². The minimum absolute atomic E-state index is 0.0484. The minimum atomic E-state index is -1.98. The lowest BCUT2D eigenvalue weighted by Crippen LogP contribution is -2.21. The second kappa shape index (κ2) is 4.06. The Morgan fingerprint density at radius 1 is 1.60 bits per heavy atom. The zero-order chi connectivity index (χ0) is 8.20. The molecule has 0 rings (SSSR count). The summed E-state index contributed by atoms with van der Waals surface area (Å²) in [7, 11) is 0. The second-order valence-electron chi connectivity index (χ2n) is 1.38. The number of hydrogen-bond donors (Lipinski definition) is 0. The highest BCUT2D eigenvalue weighted by Crippen LogP contribution is 2.27. The van der Waals surface area contributed by atoms with Crippen LogP contribution in [0.2, 0.25) is 0 Å². The fourth-order valence-electron chi connectivity index (χ4n) is 0.216. The van der Waals surface area contributed by atoms with E-state index >= 15 is 0 Å². The molecule has 0 aliphatic rings. The van der Waals surface area contributed by atoms with Crippen LogP contribution in [0.25, 0.3) is 0 Å². The normalized spacial score (nSPS) is 10.7. The zero-order valence-corrected chi connectivity index (χ0v) is 7.21. The minimum Gasteiger partial charge on any atom is -0.458 e. The van der Waals surface area contributed by atoms with Gasteiger partial charge in [-0.25, -0.2) is 4.79 Å². The van der Waals surface area contributed by atoms with E-state index in [1.54, 1.807) is 0 Å². The summed E-state index contributed by atoms with van der Waals surface area (Å²) in [6.45, 7) is 3.36. The lowest BCUT2D eigenvalue weighted by Gasteiger charge is -2.07. The molecule has 0 aliphatic carbocycles. The Morgan fingerprint density at radius 3 is 2.40 bits per heavy atom. The van der Waals surface area contributed by atoms with Crippen molar-refractivity contribution in [1.82, 2.24) is 0 Å². The van der Waals surface area contributed by atoms with Gasteiger partial charge < -0.3 is 4.74 Å². The Balaban J connectivity index is 3.74. The van der Waals surface area contributed by atoms with Gasteiger partial charge in [0.15, 0.2) is 0 Å². The van der Waals surface area contributed by atoms with E-state index in [2.05, 4.69) is 11.3 Å². The number of rotatable bonds is 2. The standard InChI is InChI=1S/C5H5Cl3O2/c1-2-3-10-4(9)5(6,7)8/h2H,1,3H2. The van der Waals surface area contributed by atoms with Crippen molar-refractivity contribution in [2.75, 3.05) is 6.61 Å². The third-order valence-electron chi connectivity index (χ3n) is 0.564. The molecule has 0 spiro atoms. The van der Waals surface area contributed by atoms with E-state index in [-0.39, 0.29) is 6.61 Å². The van der Waals surface area contributed by atoms with Gasteiger partial charge in [0.05, 0.1) is 0 Å². The van der Waals surface area contributed by atoms with Crippen molar-refractivity contribution in [3.05, 3.63) is 12.7 Å². The fourth-order valence-corrected chi connectivity index (χ4v) is 0.380. The highest BCUT2D eigenvalue weighted by Gasteiger charge is 2.32. The van der Waals surface area contributed by atoms with Crippen LogP contribution in [0.1, 0.15) is 0 Å². The molecule has 0 aromatic carbocycles. The Kier molecular flexibility index (Phi) is 4.09. The predicted octanol–water partition coefficient (Wildman–Crippen LogP) is 2.09. The monoisotopic (exact) mass is 202 g/mol. The molecule has 0 aliphatic heterocycles. The van der Waals surface area contributed by atoms with Crippen LogP contribution in [0.5, 0.6) is 0 Å². The number of carbonyl (C=O) groups excluding carboxylic acids is 1. The second-order valence-corrected chi connectivity index (χ2v) is 3.67. The molecule has 5 heteroatoms. The molecule has 0 saturated heterocycles. The van der Waals surface area contributed by atoms with Crippen molar-refractivity contribution in [3.63, 3.8) is 0 Å². The maximum Gasteiger partial charge on any atom is 0.358 e. The van der Waals surface area contributed by atoms with E-state index in [0.29, 0.717) is 0 Å². The third kappa shape index (κ3) is 3.99. The van der Waals surface area contributed by atoms with Gasteiger partial charge in [0.25, 0.3) is 3.79 Å². The van der Waals surface area contributed by atoms with Crippen LogP contribution in [0.15, 0.2) is 12.7 Å². The van der Waals surface area contributed by atoms with Crippen LogP contribution in [0, 0.1) is 0 Å². The summed E-state index contributed by atoms with van der Waals surface area (Å²) in [6, 6.07) is 0. The summed E-state index contributed by atoms with van der Waals surface area (Å²) in [5, 5.41) is 0. The molecule has 0 heterocycles. The number of hydrogen-bond acceptors (Lipinski definition) is 2. The molecule has 0 atom stereocenters. The molecule has 0 N–H and O–H groups in total. The summed E-state index contributed by atoms with van der Waals surface area (Å²) in [6.07, 6.45) is 1.38. The van der Waals surface area contributed by atoms with E-state index in [0.717, 1.165) is 0 Å². The van der Waals surface area contributed by atoms with Gasteiger partial charge in [0.1, 0.15) is 6.61 Å². The molecule has 0 saturated carbocycles. The van der Waals surface area contributed by atoms with E-state index in [4.69, 9.17) is 34.8 Å². The molecule has 0 radical (unpaired) electrons. The smallest absolute Gasteiger partial charge is 0.358 e. The molecular formula is C5H5Cl3O2. The maximum absolute atomic E-state index is 10.6. The number of alkyl halides is 3. The van der Waals surface area contributed by atoms with Gasteiger partial charge in [-0.2, -0.15) is 0 Å². The molecule has 0 aromatic heterocycles. The van der Waals surface area contributed by atoms with Crippen molar-refractivity contribution in [3.8, 4) is 0 Å². The predicted molar refractivity (Wildman–Crippen MR) is 41.4 cm³/mol. The zero-order valence-electron chi connectivity index (χ0n) is 4.94. The van der Waals surface area contributed by atoms with Crippen molar-refractivity contribution in [2.45, 2.75) is 3.79 Å². The SMILES string of the molecule is C=CCOC(=O)C(Cl)(Cl)Cl. The molecule has 0 aromatic rings. The van der Waals surface area contributed by atoms with Crippen molar-refractivity contribution in [1.29, 1.82) is 0 Å². The Hall–Kier alpha value is 0.0800. The maximum atomic E-state index is 10.6. The van der Waals surface area contributed by atoms with Gasteiger partial charge >= 0.3 is 5.97 Å². The van der Waals surface area contributed by atoms with Gasteiger partial charge in [0, 0.05) is 0 Å². The summed E-state index contributed by atoms with van der Waals surface area (Å²) in [4.78, 5) is 10.6. The molecule has 0 amide bonds. The lowest BCUT2D eigenvalue weighted by atomic mass is 10.7. The van der Waals surface area contributed by atoms with Gasteiger partial charge in [-0.1, -0.05) is 47.5 Å². The highest BCUT2D eigenvalue weighted by molar-refractivity contribution is 6.75. The number of esters is 1. The van der Waals surface area contributed by atoms with Crippen LogP contribution >= 0.6 is 34.8 Å². The van der Waals surface area contributed by atoms with Gasteiger partial charge in [-0.3, -0.25) is 0 Å². The molecule has 58 valence electrons. The van der Waals surface area contributed by atoms with E-state index in [1.165, 1.54) is 6.08 Å². The first-order valence-corrected chi connectivity index (χ1v) is 3.46. The quantitative estimate of drug-likeness (QED) is 0.390. The number of carbonyl (C=O) groups is 1. The highest BCUT2D eigenvalue weighted by atomic mass is 35.6. The average molecular weight is 203 g/mol. The largest absolute Gasteiger partial charge is 0.458 e. The molecule has 0 fully saturated rings. The first kappa shape index (κ1) is 10.1.